The smallest absolute Gasteiger partial charge is 0.223 e. The van der Waals surface area contributed by atoms with E-state index >= 15 is 0 Å². The van der Waals surface area contributed by atoms with Crippen molar-refractivity contribution in [3.8, 4) is 0 Å². The molecule has 19 heavy (non-hydrogen) atoms. The average molecular weight is 289 g/mol. The summed E-state index contributed by atoms with van der Waals surface area (Å²) in [6.07, 6.45) is 0.893. The summed E-state index contributed by atoms with van der Waals surface area (Å²) in [6.45, 7) is 3.38. The molecule has 0 aliphatic carbocycles. The van der Waals surface area contributed by atoms with E-state index in [2.05, 4.69) is 4.90 Å². The maximum atomic E-state index is 11.9. The average Bonchev–Trinajstić information content (AvgIpc) is 2.42. The fourth-order valence-electron chi connectivity index (χ4n) is 1.94. The van der Waals surface area contributed by atoms with Gasteiger partial charge in [0.2, 0.25) is 5.91 Å². The van der Waals surface area contributed by atoms with Gasteiger partial charge in [-0.25, -0.2) is 0 Å². The summed E-state index contributed by atoms with van der Waals surface area (Å²) >= 11 is 4.79. The van der Waals surface area contributed by atoms with Crippen molar-refractivity contribution in [3.63, 3.8) is 0 Å². The molecule has 1 heterocycles. The van der Waals surface area contributed by atoms with Gasteiger partial charge in [-0.3, -0.25) is 9.69 Å². The van der Waals surface area contributed by atoms with Gasteiger partial charge in [0.15, 0.2) is 0 Å². The lowest BCUT2D eigenvalue weighted by molar-refractivity contribution is -0.130. The second-order valence-electron chi connectivity index (χ2n) is 4.76. The molecule has 7 heteroatoms. The van der Waals surface area contributed by atoms with Gasteiger partial charge in [-0.05, 0) is 0 Å². The first-order valence-corrected chi connectivity index (χ1v) is 6.91. The Bertz CT molecular complexity index is 315. The van der Waals surface area contributed by atoms with Crippen molar-refractivity contribution in [3.05, 3.63) is 0 Å². The molecule has 110 valence electrons. The second kappa shape index (κ2) is 8.42. The summed E-state index contributed by atoms with van der Waals surface area (Å²) in [5.41, 5.74) is 5.41. The number of amides is 1. The van der Waals surface area contributed by atoms with Crippen LogP contribution in [0.3, 0.4) is 0 Å². The third-order valence-electron chi connectivity index (χ3n) is 3.19. The Morgan fingerprint density at radius 3 is 2.95 bits per heavy atom. The van der Waals surface area contributed by atoms with E-state index < -0.39 is 0 Å². The van der Waals surface area contributed by atoms with Crippen LogP contribution < -0.4 is 5.73 Å². The number of nitrogens with zero attached hydrogens (tertiary/aromatic N) is 2. The van der Waals surface area contributed by atoms with Gasteiger partial charge in [0.25, 0.3) is 0 Å². The van der Waals surface area contributed by atoms with E-state index in [1.807, 2.05) is 0 Å². The Morgan fingerprint density at radius 1 is 1.58 bits per heavy atom. The molecule has 0 bridgehead atoms. The van der Waals surface area contributed by atoms with Crippen molar-refractivity contribution in [1.82, 2.24) is 9.80 Å². The number of carbonyl (C=O) groups excluding carboxylic acids is 1. The minimum Gasteiger partial charge on any atom is -0.394 e. The van der Waals surface area contributed by atoms with E-state index in [1.165, 1.54) is 0 Å². The highest BCUT2D eigenvalue weighted by Gasteiger charge is 2.20. The predicted octanol–water partition coefficient (Wildman–Crippen LogP) is -0.796. The van der Waals surface area contributed by atoms with Crippen LogP contribution in [0.5, 0.6) is 0 Å². The molecule has 0 aromatic heterocycles. The minimum absolute atomic E-state index is 0.0261. The Labute approximate surface area is 119 Å². The van der Waals surface area contributed by atoms with Crippen LogP contribution in [0.4, 0.5) is 0 Å². The molecular weight excluding hydrogens is 266 g/mol. The predicted molar refractivity (Wildman–Crippen MR) is 76.9 cm³/mol. The van der Waals surface area contributed by atoms with Gasteiger partial charge in [-0.2, -0.15) is 0 Å². The van der Waals surface area contributed by atoms with E-state index in [1.54, 1.807) is 11.9 Å². The van der Waals surface area contributed by atoms with Gasteiger partial charge in [0, 0.05) is 46.1 Å². The van der Waals surface area contributed by atoms with Gasteiger partial charge in [-0.1, -0.05) is 12.2 Å². The van der Waals surface area contributed by atoms with E-state index in [4.69, 9.17) is 27.8 Å². The van der Waals surface area contributed by atoms with Crippen molar-refractivity contribution in [2.24, 2.45) is 5.73 Å². The van der Waals surface area contributed by atoms with Crippen molar-refractivity contribution < 1.29 is 14.6 Å². The molecule has 1 rings (SSSR count). The molecule has 1 aliphatic heterocycles. The van der Waals surface area contributed by atoms with E-state index in [0.29, 0.717) is 44.1 Å². The zero-order valence-electron chi connectivity index (χ0n) is 11.4. The van der Waals surface area contributed by atoms with Gasteiger partial charge in [0.1, 0.15) is 0 Å². The van der Waals surface area contributed by atoms with Gasteiger partial charge >= 0.3 is 0 Å². The molecule has 0 spiro atoms. The monoisotopic (exact) mass is 289 g/mol. The number of ether oxygens (including phenoxy) is 1. The summed E-state index contributed by atoms with van der Waals surface area (Å²) in [4.78, 5) is 16.1. The highest BCUT2D eigenvalue weighted by atomic mass is 32.1. The highest BCUT2D eigenvalue weighted by Crippen LogP contribution is 2.06. The molecule has 1 aliphatic rings. The minimum atomic E-state index is -0.129. The highest BCUT2D eigenvalue weighted by molar-refractivity contribution is 7.80. The van der Waals surface area contributed by atoms with Crippen LogP contribution >= 0.6 is 12.2 Å². The van der Waals surface area contributed by atoms with Crippen LogP contribution in [-0.2, 0) is 9.53 Å². The number of rotatable bonds is 7. The zero-order chi connectivity index (χ0) is 14.3. The lowest BCUT2D eigenvalue weighted by Gasteiger charge is -2.32. The molecule has 0 radical (unpaired) electrons. The number of hydrogen-bond donors (Lipinski definition) is 2. The van der Waals surface area contributed by atoms with Crippen LogP contribution in [0.25, 0.3) is 0 Å². The van der Waals surface area contributed by atoms with Crippen LogP contribution in [0.2, 0.25) is 0 Å². The van der Waals surface area contributed by atoms with Crippen LogP contribution in [0.15, 0.2) is 0 Å². The lowest BCUT2D eigenvalue weighted by Crippen LogP contribution is -2.45. The lowest BCUT2D eigenvalue weighted by atomic mass is 10.2. The van der Waals surface area contributed by atoms with Crippen LogP contribution in [0, 0.1) is 0 Å². The quantitative estimate of drug-likeness (QED) is 0.598. The third-order valence-corrected chi connectivity index (χ3v) is 3.39. The summed E-state index contributed by atoms with van der Waals surface area (Å²) < 4.78 is 5.36. The van der Waals surface area contributed by atoms with Crippen molar-refractivity contribution >= 4 is 23.1 Å². The first-order chi connectivity index (χ1) is 9.02. The molecule has 1 unspecified atom stereocenters. The SMILES string of the molecule is CN(CCC(N)=S)C(=O)CCN1CCOC(CO)C1. The number of hydrogen-bond acceptors (Lipinski definition) is 5. The number of carbonyl (C=O) groups is 1. The fourth-order valence-corrected chi connectivity index (χ4v) is 2.03. The number of thiocarbonyl (C=S) groups is 1. The van der Waals surface area contributed by atoms with E-state index in [0.717, 1.165) is 6.54 Å². The fraction of sp³-hybridized carbons (Fsp3) is 0.833. The Morgan fingerprint density at radius 2 is 2.32 bits per heavy atom. The summed E-state index contributed by atoms with van der Waals surface area (Å²) in [6, 6.07) is 0. The molecule has 0 aromatic rings. The standard InChI is InChI=1S/C12H23N3O3S/c1-14(4-2-11(13)19)12(17)3-5-15-6-7-18-10(8-15)9-16/h10,16H,2-9H2,1H3,(H2,13,19). The number of morpholine rings is 1. The maximum Gasteiger partial charge on any atom is 0.223 e. The zero-order valence-corrected chi connectivity index (χ0v) is 12.2. The molecule has 1 fully saturated rings. The molecule has 6 nitrogen and oxygen atoms in total. The van der Waals surface area contributed by atoms with Crippen LogP contribution in [-0.4, -0.2) is 78.3 Å². The first kappa shape index (κ1) is 16.3. The van der Waals surface area contributed by atoms with E-state index in [9.17, 15) is 4.79 Å². The molecule has 1 atom stereocenters. The number of nitrogens with two attached hydrogens (primary N) is 1. The molecule has 1 saturated heterocycles. The Balaban J connectivity index is 2.23. The molecule has 0 aromatic carbocycles. The Kier molecular flexibility index (Phi) is 7.22. The van der Waals surface area contributed by atoms with Crippen molar-refractivity contribution in [1.29, 1.82) is 0 Å². The topological polar surface area (TPSA) is 79.0 Å². The first-order valence-electron chi connectivity index (χ1n) is 6.50. The molecular formula is C12H23N3O3S. The van der Waals surface area contributed by atoms with E-state index in [-0.39, 0.29) is 18.6 Å². The molecule has 3 N–H and O–H groups in total. The number of aliphatic hydroxyl groups excluding tert-OH is 1. The second-order valence-corrected chi connectivity index (χ2v) is 5.28. The normalized spacial score (nSPS) is 20.2. The third kappa shape index (κ3) is 6.29. The van der Waals surface area contributed by atoms with Crippen LogP contribution in [0.1, 0.15) is 12.8 Å². The Hall–Kier alpha value is -0.760. The van der Waals surface area contributed by atoms with Gasteiger partial charge in [0.05, 0.1) is 24.3 Å². The summed E-state index contributed by atoms with van der Waals surface area (Å²) in [5, 5.41) is 9.05. The van der Waals surface area contributed by atoms with Gasteiger partial charge < -0.3 is 20.5 Å². The summed E-state index contributed by atoms with van der Waals surface area (Å²) in [7, 11) is 1.76. The van der Waals surface area contributed by atoms with Crippen molar-refractivity contribution in [2.45, 2.75) is 18.9 Å². The molecule has 0 saturated carbocycles. The molecule has 1 amide bonds. The number of aliphatic hydroxyl groups is 1. The summed E-state index contributed by atoms with van der Waals surface area (Å²) in [5.74, 6) is 0.0864. The maximum absolute atomic E-state index is 11.9. The van der Waals surface area contributed by atoms with Gasteiger partial charge in [-0.15, -0.1) is 0 Å². The van der Waals surface area contributed by atoms with Crippen molar-refractivity contribution in [2.75, 3.05) is 46.4 Å². The largest absolute Gasteiger partial charge is 0.394 e.